The summed E-state index contributed by atoms with van der Waals surface area (Å²) in [5, 5.41) is 21.6. The number of hydrogen-bond acceptors (Lipinski definition) is 8. The summed E-state index contributed by atoms with van der Waals surface area (Å²) in [6.07, 6.45) is -2.56. The maximum Gasteiger partial charge on any atom is 0.451 e. The normalized spacial score (nSPS) is 12.3. The highest BCUT2D eigenvalue weighted by atomic mass is 32.1. The lowest BCUT2D eigenvalue weighted by Gasteiger charge is -2.16. The Morgan fingerprint density at radius 1 is 1.15 bits per heavy atom. The topological polar surface area (TPSA) is 135 Å². The number of benzene rings is 1. The summed E-state index contributed by atoms with van der Waals surface area (Å²) in [4.78, 5) is 35.5. The number of aliphatic carboxylic acids is 1. The second-order valence-corrected chi connectivity index (χ2v) is 8.37. The van der Waals surface area contributed by atoms with Crippen LogP contribution in [0.5, 0.6) is 5.75 Å². The minimum absolute atomic E-state index is 0.133. The number of carboxylic acid groups (broad SMARTS) is 1. The van der Waals surface area contributed by atoms with Crippen molar-refractivity contribution in [3.05, 3.63) is 58.6 Å². The average molecular weight is 496 g/mol. The molecule has 13 heteroatoms. The number of nitrogens with one attached hydrogen (secondary N) is 1. The van der Waals surface area contributed by atoms with Crippen LogP contribution in [0, 0.1) is 6.92 Å². The minimum atomic E-state index is -4.67. The number of hydrogen-bond donors (Lipinski definition) is 3. The fourth-order valence-electron chi connectivity index (χ4n) is 2.82. The number of ether oxygens (including phenoxy) is 1. The first-order chi connectivity index (χ1) is 16.0. The summed E-state index contributed by atoms with van der Waals surface area (Å²) in [6.45, 7) is 1.17. The number of carbonyl (C=O) groups is 2. The van der Waals surface area contributed by atoms with Gasteiger partial charge in [-0.2, -0.15) is 13.2 Å². The van der Waals surface area contributed by atoms with Gasteiger partial charge in [-0.1, -0.05) is 0 Å². The molecule has 0 saturated heterocycles. The van der Waals surface area contributed by atoms with Gasteiger partial charge in [-0.3, -0.25) is 9.59 Å². The van der Waals surface area contributed by atoms with Crippen LogP contribution in [-0.2, 0) is 17.5 Å². The number of amides is 1. The summed E-state index contributed by atoms with van der Waals surface area (Å²) >= 11 is 1.37. The van der Waals surface area contributed by atoms with Crippen LogP contribution in [0.2, 0.25) is 0 Å². The van der Waals surface area contributed by atoms with E-state index in [1.165, 1.54) is 17.4 Å². The molecule has 1 aromatic carbocycles. The fraction of sp³-hybridized carbons (Fsp3) is 0.286. The maximum atomic E-state index is 12.8. The molecule has 0 aliphatic heterocycles. The molecular weight excluding hydrogens is 477 g/mol. The van der Waals surface area contributed by atoms with Gasteiger partial charge in [0.25, 0.3) is 5.91 Å². The number of halogens is 3. The number of rotatable bonds is 9. The van der Waals surface area contributed by atoms with Gasteiger partial charge in [0, 0.05) is 46.7 Å². The molecule has 1 amide bonds. The lowest BCUT2D eigenvalue weighted by Crippen LogP contribution is -2.25. The van der Waals surface area contributed by atoms with E-state index in [-0.39, 0.29) is 23.4 Å². The van der Waals surface area contributed by atoms with Crippen molar-refractivity contribution in [3.63, 3.8) is 0 Å². The molecule has 34 heavy (non-hydrogen) atoms. The van der Waals surface area contributed by atoms with E-state index in [1.807, 2.05) is 6.92 Å². The number of thiazole rings is 1. The predicted molar refractivity (Wildman–Crippen MR) is 114 cm³/mol. The molecular formula is C21H19F3N4O5S. The minimum Gasteiger partial charge on any atom is -0.487 e. The Kier molecular flexibility index (Phi) is 7.79. The van der Waals surface area contributed by atoms with E-state index in [4.69, 9.17) is 9.84 Å². The van der Waals surface area contributed by atoms with Gasteiger partial charge in [-0.15, -0.1) is 11.3 Å². The molecule has 9 nitrogen and oxygen atoms in total. The molecule has 1 unspecified atom stereocenters. The van der Waals surface area contributed by atoms with E-state index in [2.05, 4.69) is 20.3 Å². The lowest BCUT2D eigenvalue weighted by molar-refractivity contribution is -0.145. The molecule has 3 N–H and O–H groups in total. The Morgan fingerprint density at radius 3 is 2.41 bits per heavy atom. The van der Waals surface area contributed by atoms with E-state index in [9.17, 15) is 27.9 Å². The molecule has 0 fully saturated rings. The Balaban J connectivity index is 1.82. The number of carbonyl (C=O) groups excluding carboxylic acids is 1. The SMILES string of the molecule is Cc1cnc(-c2cc(OC(CO)CC(=O)O)cc(C(=O)NCc3cnc(C(F)(F)F)nc3)c2)s1. The van der Waals surface area contributed by atoms with Crippen molar-refractivity contribution < 1.29 is 37.7 Å². The van der Waals surface area contributed by atoms with Crippen molar-refractivity contribution in [1.29, 1.82) is 0 Å². The van der Waals surface area contributed by atoms with Gasteiger partial charge in [0.15, 0.2) is 0 Å². The zero-order valence-corrected chi connectivity index (χ0v) is 18.5. The summed E-state index contributed by atoms with van der Waals surface area (Å²) in [7, 11) is 0. The first kappa shape index (κ1) is 25.1. The van der Waals surface area contributed by atoms with E-state index >= 15 is 0 Å². The summed E-state index contributed by atoms with van der Waals surface area (Å²) in [5.41, 5.74) is 0.928. The Bertz CT molecular complexity index is 1170. The van der Waals surface area contributed by atoms with Crippen LogP contribution in [0.1, 0.15) is 33.0 Å². The van der Waals surface area contributed by atoms with E-state index in [1.54, 1.807) is 18.3 Å². The number of carboxylic acids is 1. The molecule has 180 valence electrons. The summed E-state index contributed by atoms with van der Waals surface area (Å²) < 4.78 is 43.4. The number of aliphatic hydroxyl groups is 1. The van der Waals surface area contributed by atoms with Crippen molar-refractivity contribution in [2.75, 3.05) is 6.61 Å². The van der Waals surface area contributed by atoms with Crippen molar-refractivity contribution in [2.24, 2.45) is 0 Å². The largest absolute Gasteiger partial charge is 0.487 e. The molecule has 0 saturated carbocycles. The van der Waals surface area contributed by atoms with Gasteiger partial charge in [0.05, 0.1) is 13.0 Å². The average Bonchev–Trinajstić information content (AvgIpc) is 3.22. The number of aryl methyl sites for hydroxylation is 1. The molecule has 0 aliphatic rings. The third kappa shape index (κ3) is 6.71. The van der Waals surface area contributed by atoms with Gasteiger partial charge < -0.3 is 20.3 Å². The first-order valence-corrected chi connectivity index (χ1v) is 10.6. The highest BCUT2D eigenvalue weighted by Crippen LogP contribution is 2.30. The van der Waals surface area contributed by atoms with Crippen LogP contribution < -0.4 is 10.1 Å². The molecule has 3 rings (SSSR count). The van der Waals surface area contributed by atoms with Crippen LogP contribution in [0.25, 0.3) is 10.6 Å². The smallest absolute Gasteiger partial charge is 0.451 e. The van der Waals surface area contributed by atoms with Crippen molar-refractivity contribution in [2.45, 2.75) is 32.2 Å². The number of nitrogens with zero attached hydrogens (tertiary/aromatic N) is 3. The number of aromatic nitrogens is 3. The number of aliphatic hydroxyl groups excluding tert-OH is 1. The van der Waals surface area contributed by atoms with Gasteiger partial charge in [-0.05, 0) is 25.1 Å². The van der Waals surface area contributed by atoms with Crippen LogP contribution in [0.15, 0.2) is 36.8 Å². The van der Waals surface area contributed by atoms with Gasteiger partial charge in [0.2, 0.25) is 5.82 Å². The molecule has 0 aliphatic carbocycles. The van der Waals surface area contributed by atoms with Crippen LogP contribution in [0.3, 0.4) is 0 Å². The monoisotopic (exact) mass is 496 g/mol. The predicted octanol–water partition coefficient (Wildman–Crippen LogP) is 3.07. The quantitative estimate of drug-likeness (QED) is 0.412. The standard InChI is InChI=1S/C21H19F3N4O5S/c1-11-6-26-19(34-11)14-2-13(3-15(4-14)33-16(10-29)5-17(30)31)18(32)25-7-12-8-27-20(28-9-12)21(22,23)24/h2-4,6,8-9,16,29H,5,7,10H2,1H3,(H,25,32)(H,30,31). The van der Waals surface area contributed by atoms with Gasteiger partial charge in [-0.25, -0.2) is 15.0 Å². The summed E-state index contributed by atoms with van der Waals surface area (Å²) in [5.74, 6) is -2.87. The molecule has 0 radical (unpaired) electrons. The Morgan fingerprint density at radius 2 is 1.85 bits per heavy atom. The summed E-state index contributed by atoms with van der Waals surface area (Å²) in [6, 6.07) is 4.49. The molecule has 0 spiro atoms. The molecule has 3 aromatic rings. The lowest BCUT2D eigenvalue weighted by atomic mass is 10.1. The van der Waals surface area contributed by atoms with E-state index in [0.29, 0.717) is 10.6 Å². The third-order valence-corrected chi connectivity index (χ3v) is 5.32. The fourth-order valence-corrected chi connectivity index (χ4v) is 3.57. The number of alkyl halides is 3. The maximum absolute atomic E-state index is 12.8. The Labute approximate surface area is 195 Å². The Hall–Kier alpha value is -3.58. The highest BCUT2D eigenvalue weighted by molar-refractivity contribution is 7.14. The molecule has 0 bridgehead atoms. The van der Waals surface area contributed by atoms with Crippen LogP contribution in [-0.4, -0.2) is 49.8 Å². The zero-order chi connectivity index (χ0) is 24.9. The molecule has 2 heterocycles. The van der Waals surface area contributed by atoms with E-state index < -0.39 is 43.0 Å². The third-order valence-electron chi connectivity index (χ3n) is 4.36. The molecule has 2 aromatic heterocycles. The van der Waals surface area contributed by atoms with E-state index in [0.717, 1.165) is 17.3 Å². The van der Waals surface area contributed by atoms with Crippen LogP contribution >= 0.6 is 11.3 Å². The van der Waals surface area contributed by atoms with Crippen LogP contribution in [0.4, 0.5) is 13.2 Å². The zero-order valence-electron chi connectivity index (χ0n) is 17.7. The van der Waals surface area contributed by atoms with Gasteiger partial charge >= 0.3 is 12.1 Å². The molecule has 1 atom stereocenters. The van der Waals surface area contributed by atoms with Gasteiger partial charge in [0.1, 0.15) is 16.9 Å². The van der Waals surface area contributed by atoms with Crippen molar-refractivity contribution >= 4 is 23.2 Å². The second-order valence-electron chi connectivity index (χ2n) is 7.14. The van der Waals surface area contributed by atoms with Crippen molar-refractivity contribution in [1.82, 2.24) is 20.3 Å². The highest BCUT2D eigenvalue weighted by Gasteiger charge is 2.34. The first-order valence-electron chi connectivity index (χ1n) is 9.78. The second kappa shape index (κ2) is 10.6. The van der Waals surface area contributed by atoms with Crippen molar-refractivity contribution in [3.8, 4) is 16.3 Å².